The lowest BCUT2D eigenvalue weighted by Crippen LogP contribution is -2.51. The number of pyridine rings is 1. The second-order valence-electron chi connectivity index (χ2n) is 11.6. The summed E-state index contributed by atoms with van der Waals surface area (Å²) < 4.78 is 7.67. The summed E-state index contributed by atoms with van der Waals surface area (Å²) in [5, 5.41) is 22.4. The van der Waals surface area contributed by atoms with Crippen molar-refractivity contribution < 1.29 is 9.84 Å². The van der Waals surface area contributed by atoms with Gasteiger partial charge in [0.25, 0.3) is 0 Å². The summed E-state index contributed by atoms with van der Waals surface area (Å²) in [5.41, 5.74) is 12.3. The summed E-state index contributed by atoms with van der Waals surface area (Å²) in [7, 11) is 1.91. The quantitative estimate of drug-likeness (QED) is 0.350. The van der Waals surface area contributed by atoms with Gasteiger partial charge in [-0.3, -0.25) is 14.8 Å². The largest absolute Gasteiger partial charge is 0.390 e. The summed E-state index contributed by atoms with van der Waals surface area (Å²) in [5.74, 6) is 1.71. The molecular weight excluding hydrogens is 508 g/mol. The normalized spacial score (nSPS) is 24.3. The smallest absolute Gasteiger partial charge is 0.183 e. The first kappa shape index (κ1) is 25.4. The van der Waals surface area contributed by atoms with E-state index in [2.05, 4.69) is 45.0 Å². The molecule has 0 bridgehead atoms. The van der Waals surface area contributed by atoms with Crippen LogP contribution in [0.15, 0.2) is 24.5 Å². The second kappa shape index (κ2) is 9.50. The van der Waals surface area contributed by atoms with Crippen molar-refractivity contribution in [3.63, 3.8) is 0 Å². The van der Waals surface area contributed by atoms with Gasteiger partial charge in [0.1, 0.15) is 5.69 Å². The Morgan fingerprint density at radius 2 is 1.95 bits per heavy atom. The minimum absolute atomic E-state index is 0.0116. The number of nitrogens with two attached hydrogens (primary N) is 1. The SMILES string of the molecule is C[C@@H]1OCC2(CCN(c3nc4[nH]nc(N5CC[C@H](C)c6nc(-c7cnn(C)c7)ccc65)c4nc3CO)CC2)[C@@H]1N. The maximum Gasteiger partial charge on any atom is 0.183 e. The second-order valence-corrected chi connectivity index (χ2v) is 11.6. The molecule has 3 aliphatic heterocycles. The maximum atomic E-state index is 10.3. The van der Waals surface area contributed by atoms with Gasteiger partial charge in [-0.05, 0) is 38.3 Å². The van der Waals surface area contributed by atoms with Crippen LogP contribution in [0.5, 0.6) is 0 Å². The number of aromatic amines is 1. The lowest BCUT2D eigenvalue weighted by molar-refractivity contribution is 0.0973. The van der Waals surface area contributed by atoms with Gasteiger partial charge >= 0.3 is 0 Å². The van der Waals surface area contributed by atoms with E-state index in [-0.39, 0.29) is 24.2 Å². The third-order valence-corrected chi connectivity index (χ3v) is 9.18. The van der Waals surface area contributed by atoms with E-state index in [0.717, 1.165) is 61.5 Å². The van der Waals surface area contributed by atoms with Crippen LogP contribution in [0.2, 0.25) is 0 Å². The van der Waals surface area contributed by atoms with E-state index in [1.54, 1.807) is 4.68 Å². The minimum atomic E-state index is -0.201. The molecule has 0 amide bonds. The van der Waals surface area contributed by atoms with Gasteiger partial charge in [0.2, 0.25) is 0 Å². The standard InChI is InChI=1S/C28H36N10O2/c1-16-6-9-38(21-5-4-19(31-22(16)21)18-12-30-36(3)13-18)27-23-25(34-35-27)33-26(20(14-39)32-23)37-10-7-28(8-11-37)15-40-17(2)24(28)29/h4-5,12-13,16-17,24,39H,6-11,14-15,29H2,1-3H3,(H,33,34,35)/t16-,17-,24+/m0/s1. The molecule has 0 aliphatic carbocycles. The topological polar surface area (TPSA) is 147 Å². The van der Waals surface area contributed by atoms with Gasteiger partial charge in [0.05, 0.1) is 42.6 Å². The zero-order chi connectivity index (χ0) is 27.6. The number of aryl methyl sites for hydroxylation is 1. The van der Waals surface area contributed by atoms with Gasteiger partial charge in [0.15, 0.2) is 22.8 Å². The number of nitrogens with zero attached hydrogens (tertiary/aromatic N) is 8. The molecule has 4 aromatic heterocycles. The van der Waals surface area contributed by atoms with Crippen molar-refractivity contribution in [2.75, 3.05) is 36.0 Å². The van der Waals surface area contributed by atoms with Crippen LogP contribution in [0.3, 0.4) is 0 Å². The van der Waals surface area contributed by atoms with Gasteiger partial charge in [-0.25, -0.2) is 9.97 Å². The van der Waals surface area contributed by atoms with Crippen LogP contribution >= 0.6 is 0 Å². The first-order valence-electron chi connectivity index (χ1n) is 14.1. The number of aromatic nitrogens is 7. The molecule has 4 N–H and O–H groups in total. The summed E-state index contributed by atoms with van der Waals surface area (Å²) in [6.45, 7) is 7.15. The van der Waals surface area contributed by atoms with E-state index >= 15 is 0 Å². The summed E-state index contributed by atoms with van der Waals surface area (Å²) in [4.78, 5) is 19.2. The molecule has 4 aromatic rings. The number of H-pyrrole nitrogens is 1. The van der Waals surface area contributed by atoms with Crippen LogP contribution < -0.4 is 15.5 Å². The van der Waals surface area contributed by atoms with Crippen molar-refractivity contribution in [2.45, 2.75) is 57.8 Å². The number of hydrogen-bond acceptors (Lipinski definition) is 10. The number of rotatable bonds is 4. The Hall–Kier alpha value is -3.61. The van der Waals surface area contributed by atoms with Gasteiger partial charge < -0.3 is 25.4 Å². The predicted octanol–water partition coefficient (Wildman–Crippen LogP) is 2.62. The molecule has 12 nitrogen and oxygen atoms in total. The first-order valence-corrected chi connectivity index (χ1v) is 14.1. The molecule has 0 unspecified atom stereocenters. The molecule has 3 aliphatic rings. The van der Waals surface area contributed by atoms with Crippen molar-refractivity contribution in [3.05, 3.63) is 35.9 Å². The van der Waals surface area contributed by atoms with E-state index in [1.807, 2.05) is 25.5 Å². The summed E-state index contributed by atoms with van der Waals surface area (Å²) in [6.07, 6.45) is 6.68. The van der Waals surface area contributed by atoms with Crippen LogP contribution in [0, 0.1) is 5.41 Å². The van der Waals surface area contributed by atoms with Gasteiger partial charge in [-0.1, -0.05) is 6.92 Å². The Morgan fingerprint density at radius 3 is 2.65 bits per heavy atom. The number of hydrogen-bond donors (Lipinski definition) is 3. The van der Waals surface area contributed by atoms with Crippen molar-refractivity contribution in [1.82, 2.24) is 34.9 Å². The molecular formula is C28H36N10O2. The van der Waals surface area contributed by atoms with Crippen molar-refractivity contribution in [2.24, 2.45) is 18.2 Å². The third-order valence-electron chi connectivity index (χ3n) is 9.18. The fraction of sp³-hybridized carbons (Fsp3) is 0.536. The average Bonchev–Trinajstić information content (AvgIpc) is 3.67. The number of aliphatic hydroxyl groups is 1. The van der Waals surface area contributed by atoms with Gasteiger partial charge in [-0.2, -0.15) is 10.2 Å². The molecule has 2 fully saturated rings. The average molecular weight is 545 g/mol. The third kappa shape index (κ3) is 3.96. The molecule has 7 heterocycles. The Labute approximate surface area is 232 Å². The lowest BCUT2D eigenvalue weighted by atomic mass is 9.73. The van der Waals surface area contributed by atoms with Crippen LogP contribution in [0.1, 0.15) is 50.4 Å². The Kier molecular flexibility index (Phi) is 6.02. The van der Waals surface area contributed by atoms with Crippen LogP contribution in [0.4, 0.5) is 17.3 Å². The van der Waals surface area contributed by atoms with Gasteiger partial charge in [0, 0.05) is 55.8 Å². The Morgan fingerprint density at radius 1 is 1.12 bits per heavy atom. The molecule has 2 saturated heterocycles. The molecule has 210 valence electrons. The highest BCUT2D eigenvalue weighted by Gasteiger charge is 2.48. The number of nitrogens with one attached hydrogen (secondary N) is 1. The highest BCUT2D eigenvalue weighted by Crippen LogP contribution is 2.43. The summed E-state index contributed by atoms with van der Waals surface area (Å²) in [6, 6.07) is 4.18. The minimum Gasteiger partial charge on any atom is -0.390 e. The van der Waals surface area contributed by atoms with Crippen LogP contribution in [-0.4, -0.2) is 78.4 Å². The molecule has 1 spiro atoms. The molecule has 7 rings (SSSR count). The zero-order valence-electron chi connectivity index (χ0n) is 23.2. The zero-order valence-corrected chi connectivity index (χ0v) is 23.2. The van der Waals surface area contributed by atoms with Crippen LogP contribution in [0.25, 0.3) is 22.4 Å². The predicted molar refractivity (Wildman–Crippen MR) is 151 cm³/mol. The van der Waals surface area contributed by atoms with E-state index < -0.39 is 0 Å². The van der Waals surface area contributed by atoms with Crippen molar-refractivity contribution in [1.29, 1.82) is 0 Å². The highest BCUT2D eigenvalue weighted by atomic mass is 16.5. The Bertz CT molecular complexity index is 1560. The van der Waals surface area contributed by atoms with Crippen LogP contribution in [-0.2, 0) is 18.4 Å². The maximum absolute atomic E-state index is 10.3. The van der Waals surface area contributed by atoms with E-state index in [0.29, 0.717) is 41.0 Å². The van der Waals surface area contributed by atoms with Crippen molar-refractivity contribution in [3.8, 4) is 11.3 Å². The highest BCUT2D eigenvalue weighted by molar-refractivity contribution is 5.88. The van der Waals surface area contributed by atoms with Crippen molar-refractivity contribution >= 4 is 28.5 Å². The molecule has 0 saturated carbocycles. The fourth-order valence-corrected chi connectivity index (χ4v) is 6.61. The number of piperidine rings is 1. The summed E-state index contributed by atoms with van der Waals surface area (Å²) >= 11 is 0. The number of aliphatic hydroxyl groups excluding tert-OH is 1. The lowest BCUT2D eigenvalue weighted by Gasteiger charge is -2.41. The molecule has 3 atom stereocenters. The van der Waals surface area contributed by atoms with E-state index in [4.69, 9.17) is 25.4 Å². The van der Waals surface area contributed by atoms with E-state index in [1.165, 1.54) is 0 Å². The number of ether oxygens (including phenoxy) is 1. The molecule has 40 heavy (non-hydrogen) atoms. The molecule has 0 aromatic carbocycles. The van der Waals surface area contributed by atoms with E-state index in [9.17, 15) is 5.11 Å². The Balaban J connectivity index is 1.20. The molecule has 12 heteroatoms. The number of anilines is 3. The van der Waals surface area contributed by atoms with Gasteiger partial charge in [-0.15, -0.1) is 0 Å². The fourth-order valence-electron chi connectivity index (χ4n) is 6.61. The monoisotopic (exact) mass is 544 g/mol. The number of fused-ring (bicyclic) bond motifs is 2. The first-order chi connectivity index (χ1) is 19.4. The molecule has 0 radical (unpaired) electrons.